The predicted octanol–water partition coefficient (Wildman–Crippen LogP) is 3.83. The van der Waals surface area contributed by atoms with Crippen molar-refractivity contribution in [3.8, 4) is 0 Å². The molecule has 0 saturated carbocycles. The Kier molecular flexibility index (Phi) is 5.46. The van der Waals surface area contributed by atoms with Crippen LogP contribution in [0.15, 0.2) is 42.5 Å². The number of aromatic nitrogens is 2. The number of hydrogen-bond donors (Lipinski definition) is 2. The number of carbonyl (C=O) groups is 2. The molecule has 2 N–H and O–H groups in total. The lowest BCUT2D eigenvalue weighted by molar-refractivity contribution is -0.119. The number of nitrogens with one attached hydrogen (secondary N) is 2. The molecule has 3 aromatic rings. The highest BCUT2D eigenvalue weighted by Gasteiger charge is 2.19. The van der Waals surface area contributed by atoms with Gasteiger partial charge >= 0.3 is 0 Å². The Morgan fingerprint density at radius 1 is 1.22 bits per heavy atom. The van der Waals surface area contributed by atoms with Crippen LogP contribution < -0.4 is 10.6 Å². The fourth-order valence-electron chi connectivity index (χ4n) is 3.06. The van der Waals surface area contributed by atoms with Gasteiger partial charge in [-0.2, -0.15) is 0 Å². The van der Waals surface area contributed by atoms with Crippen LogP contribution in [0.4, 0.5) is 5.69 Å². The lowest BCUT2D eigenvalue weighted by Crippen LogP contribution is -2.28. The van der Waals surface area contributed by atoms with Crippen molar-refractivity contribution < 1.29 is 9.59 Å². The van der Waals surface area contributed by atoms with Crippen LogP contribution in [0.3, 0.4) is 0 Å². The standard InChI is InChI=1S/C20H21ClN4O2/c1-12-10-15(21)8-9-16(12)23-19(27)11-25-18-7-5-4-6-17(18)24-20(25)13(2)22-14(3)26/h4-10,13H,11H2,1-3H3,(H,22,26)(H,23,27). The lowest BCUT2D eigenvalue weighted by Gasteiger charge is -2.16. The fourth-order valence-corrected chi connectivity index (χ4v) is 3.29. The van der Waals surface area contributed by atoms with Crippen molar-refractivity contribution in [1.82, 2.24) is 14.9 Å². The highest BCUT2D eigenvalue weighted by atomic mass is 35.5. The summed E-state index contributed by atoms with van der Waals surface area (Å²) in [5.74, 6) is 0.302. The van der Waals surface area contributed by atoms with Gasteiger partial charge in [-0.15, -0.1) is 0 Å². The number of imidazole rings is 1. The number of halogens is 1. The number of rotatable bonds is 5. The van der Waals surface area contributed by atoms with Gasteiger partial charge in [-0.3, -0.25) is 9.59 Å². The number of para-hydroxylation sites is 2. The highest BCUT2D eigenvalue weighted by Crippen LogP contribution is 2.22. The number of anilines is 1. The maximum absolute atomic E-state index is 12.7. The van der Waals surface area contributed by atoms with Crippen molar-refractivity contribution in [3.05, 3.63) is 58.9 Å². The minimum atomic E-state index is -0.319. The fraction of sp³-hybridized carbons (Fsp3) is 0.250. The third-order valence-corrected chi connectivity index (χ3v) is 4.49. The zero-order valence-corrected chi connectivity index (χ0v) is 16.2. The van der Waals surface area contributed by atoms with Crippen molar-refractivity contribution in [3.63, 3.8) is 0 Å². The van der Waals surface area contributed by atoms with Crippen molar-refractivity contribution in [2.75, 3.05) is 5.32 Å². The zero-order chi connectivity index (χ0) is 19.6. The largest absolute Gasteiger partial charge is 0.347 e. The van der Waals surface area contributed by atoms with Gasteiger partial charge in [-0.1, -0.05) is 23.7 Å². The molecule has 0 fully saturated rings. The number of aryl methyl sites for hydroxylation is 1. The predicted molar refractivity (Wildman–Crippen MR) is 107 cm³/mol. The van der Waals surface area contributed by atoms with Crippen molar-refractivity contribution >= 4 is 40.1 Å². The first-order valence-electron chi connectivity index (χ1n) is 8.63. The smallest absolute Gasteiger partial charge is 0.244 e. The molecule has 140 valence electrons. The molecule has 2 amide bonds. The van der Waals surface area contributed by atoms with E-state index in [1.807, 2.05) is 42.7 Å². The molecule has 2 aromatic carbocycles. The third-order valence-electron chi connectivity index (χ3n) is 4.26. The Labute approximate surface area is 162 Å². The first-order valence-corrected chi connectivity index (χ1v) is 9.01. The third kappa shape index (κ3) is 4.28. The van der Waals surface area contributed by atoms with Gasteiger partial charge in [-0.25, -0.2) is 4.98 Å². The van der Waals surface area contributed by atoms with Gasteiger partial charge < -0.3 is 15.2 Å². The second-order valence-electron chi connectivity index (χ2n) is 6.47. The van der Waals surface area contributed by atoms with Gasteiger partial charge in [0.15, 0.2) is 0 Å². The quantitative estimate of drug-likeness (QED) is 0.701. The molecule has 0 aliphatic rings. The normalized spacial score (nSPS) is 12.0. The highest BCUT2D eigenvalue weighted by molar-refractivity contribution is 6.30. The summed E-state index contributed by atoms with van der Waals surface area (Å²) in [6, 6.07) is 12.6. The average molecular weight is 385 g/mol. The van der Waals surface area contributed by atoms with Crippen LogP contribution >= 0.6 is 11.6 Å². The Morgan fingerprint density at radius 2 is 1.96 bits per heavy atom. The molecule has 3 rings (SSSR count). The van der Waals surface area contributed by atoms with Gasteiger partial charge in [0, 0.05) is 17.6 Å². The van der Waals surface area contributed by atoms with E-state index in [2.05, 4.69) is 15.6 Å². The van der Waals surface area contributed by atoms with Gasteiger partial charge in [-0.05, 0) is 49.7 Å². The van der Waals surface area contributed by atoms with E-state index >= 15 is 0 Å². The summed E-state index contributed by atoms with van der Waals surface area (Å²) >= 11 is 5.97. The van der Waals surface area contributed by atoms with Crippen molar-refractivity contribution in [2.45, 2.75) is 33.4 Å². The van der Waals surface area contributed by atoms with Gasteiger partial charge in [0.25, 0.3) is 0 Å². The van der Waals surface area contributed by atoms with E-state index in [4.69, 9.17) is 11.6 Å². The van der Waals surface area contributed by atoms with Gasteiger partial charge in [0.2, 0.25) is 11.8 Å². The molecule has 0 aliphatic carbocycles. The van der Waals surface area contributed by atoms with E-state index in [9.17, 15) is 9.59 Å². The van der Waals surface area contributed by atoms with Crippen molar-refractivity contribution in [2.24, 2.45) is 0 Å². The topological polar surface area (TPSA) is 76.0 Å². The Hall–Kier alpha value is -2.86. The molecule has 6 nitrogen and oxygen atoms in total. The van der Waals surface area contributed by atoms with Gasteiger partial charge in [0.1, 0.15) is 12.4 Å². The number of hydrogen-bond acceptors (Lipinski definition) is 3. The summed E-state index contributed by atoms with van der Waals surface area (Å²) in [4.78, 5) is 28.7. The molecule has 1 heterocycles. The summed E-state index contributed by atoms with van der Waals surface area (Å²) < 4.78 is 1.83. The van der Waals surface area contributed by atoms with E-state index in [0.29, 0.717) is 16.5 Å². The van der Waals surface area contributed by atoms with Crippen LogP contribution in [0.2, 0.25) is 5.02 Å². The minimum absolute atomic E-state index is 0.0852. The van der Waals surface area contributed by atoms with E-state index in [1.54, 1.807) is 18.2 Å². The summed E-state index contributed by atoms with van der Waals surface area (Å²) in [7, 11) is 0. The van der Waals surface area contributed by atoms with Gasteiger partial charge in [0.05, 0.1) is 17.1 Å². The molecule has 0 aliphatic heterocycles. The number of fused-ring (bicyclic) bond motifs is 1. The maximum Gasteiger partial charge on any atom is 0.244 e. The van der Waals surface area contributed by atoms with Crippen LogP contribution in [-0.2, 0) is 16.1 Å². The number of nitrogens with zero attached hydrogens (tertiary/aromatic N) is 2. The first kappa shape index (κ1) is 18.9. The maximum atomic E-state index is 12.7. The van der Waals surface area contributed by atoms with Crippen LogP contribution in [0, 0.1) is 6.92 Å². The second kappa shape index (κ2) is 7.80. The summed E-state index contributed by atoms with van der Waals surface area (Å²) in [5, 5.41) is 6.37. The molecule has 0 bridgehead atoms. The minimum Gasteiger partial charge on any atom is -0.347 e. The monoisotopic (exact) mass is 384 g/mol. The van der Waals surface area contributed by atoms with Crippen LogP contribution in [0.5, 0.6) is 0 Å². The Bertz CT molecular complexity index is 1010. The van der Waals surface area contributed by atoms with E-state index in [-0.39, 0.29) is 24.4 Å². The molecular weight excluding hydrogens is 364 g/mol. The average Bonchev–Trinajstić information content (AvgIpc) is 2.96. The van der Waals surface area contributed by atoms with Crippen LogP contribution in [0.1, 0.15) is 31.3 Å². The zero-order valence-electron chi connectivity index (χ0n) is 15.4. The SMILES string of the molecule is CC(=O)NC(C)c1nc2ccccc2n1CC(=O)Nc1ccc(Cl)cc1C. The summed E-state index contributed by atoms with van der Waals surface area (Å²) in [6.07, 6.45) is 0. The number of benzene rings is 2. The Morgan fingerprint density at radius 3 is 2.67 bits per heavy atom. The van der Waals surface area contributed by atoms with Crippen LogP contribution in [-0.4, -0.2) is 21.4 Å². The summed E-state index contributed by atoms with van der Waals surface area (Å²) in [6.45, 7) is 5.28. The Balaban J connectivity index is 1.90. The molecule has 27 heavy (non-hydrogen) atoms. The molecule has 1 unspecified atom stereocenters. The van der Waals surface area contributed by atoms with Crippen molar-refractivity contribution in [1.29, 1.82) is 0 Å². The van der Waals surface area contributed by atoms with Crippen LogP contribution in [0.25, 0.3) is 11.0 Å². The first-order chi connectivity index (χ1) is 12.8. The molecule has 0 spiro atoms. The van der Waals surface area contributed by atoms with E-state index in [1.165, 1.54) is 6.92 Å². The summed E-state index contributed by atoms with van der Waals surface area (Å²) in [5.41, 5.74) is 3.22. The van der Waals surface area contributed by atoms with E-state index < -0.39 is 0 Å². The number of amides is 2. The molecule has 1 atom stereocenters. The molecule has 1 aromatic heterocycles. The van der Waals surface area contributed by atoms with E-state index in [0.717, 1.165) is 16.6 Å². The lowest BCUT2D eigenvalue weighted by atomic mass is 10.2. The number of carbonyl (C=O) groups excluding carboxylic acids is 2. The molecule has 0 saturated heterocycles. The molecule has 0 radical (unpaired) electrons. The molecular formula is C20H21ClN4O2. The molecule has 7 heteroatoms. The second-order valence-corrected chi connectivity index (χ2v) is 6.91.